The van der Waals surface area contributed by atoms with Gasteiger partial charge in [-0.2, -0.15) is 18.4 Å². The van der Waals surface area contributed by atoms with Crippen molar-refractivity contribution in [3.05, 3.63) is 52.4 Å². The van der Waals surface area contributed by atoms with Crippen molar-refractivity contribution in [3.63, 3.8) is 0 Å². The minimum atomic E-state index is -4.49. The van der Waals surface area contributed by atoms with E-state index in [0.29, 0.717) is 28.3 Å². The van der Waals surface area contributed by atoms with E-state index in [4.69, 9.17) is 9.78 Å². The van der Waals surface area contributed by atoms with E-state index in [1.54, 1.807) is 26.0 Å². The Bertz CT molecular complexity index is 806. The molecule has 0 spiro atoms. The highest BCUT2D eigenvalue weighted by Crippen LogP contribution is 2.22. The summed E-state index contributed by atoms with van der Waals surface area (Å²) >= 11 is 1.22. The number of thioether (sulfide) groups is 1. The fourth-order valence-corrected chi connectivity index (χ4v) is 3.47. The van der Waals surface area contributed by atoms with Crippen LogP contribution in [0.3, 0.4) is 0 Å². The second-order valence-corrected chi connectivity index (χ2v) is 6.95. The lowest BCUT2D eigenvalue weighted by atomic mass is 10.1. The predicted octanol–water partition coefficient (Wildman–Crippen LogP) is 3.99. The van der Waals surface area contributed by atoms with E-state index in [-0.39, 0.29) is 12.3 Å². The standard InChI is InChI=1S/C18H18F3N3O2S/c1-12-16(13(2)26-23-12)9-27-10-17(25)24(11-18(19,20)21)8-15-5-3-14(7-22)4-6-15/h3-6H,8-11H2,1-2H3. The molecule has 0 bridgehead atoms. The second-order valence-electron chi connectivity index (χ2n) is 5.97. The van der Waals surface area contributed by atoms with Crippen LogP contribution in [0.5, 0.6) is 0 Å². The van der Waals surface area contributed by atoms with Gasteiger partial charge in [-0.05, 0) is 31.5 Å². The number of aromatic nitrogens is 1. The van der Waals surface area contributed by atoms with Crippen molar-refractivity contribution < 1.29 is 22.5 Å². The van der Waals surface area contributed by atoms with Gasteiger partial charge >= 0.3 is 6.18 Å². The molecule has 1 aromatic carbocycles. The van der Waals surface area contributed by atoms with Crippen LogP contribution in [0.4, 0.5) is 13.2 Å². The molecule has 5 nitrogen and oxygen atoms in total. The normalized spacial score (nSPS) is 11.3. The average Bonchev–Trinajstić information content (AvgIpc) is 2.92. The van der Waals surface area contributed by atoms with Crippen LogP contribution in [0.2, 0.25) is 0 Å². The van der Waals surface area contributed by atoms with E-state index >= 15 is 0 Å². The van der Waals surface area contributed by atoms with Crippen LogP contribution in [0, 0.1) is 25.2 Å². The Hall–Kier alpha value is -2.47. The van der Waals surface area contributed by atoms with Crippen LogP contribution in [-0.4, -0.2) is 34.4 Å². The largest absolute Gasteiger partial charge is 0.406 e. The quantitative estimate of drug-likeness (QED) is 0.707. The van der Waals surface area contributed by atoms with E-state index in [0.717, 1.165) is 10.5 Å². The van der Waals surface area contributed by atoms with Gasteiger partial charge in [0.1, 0.15) is 12.3 Å². The Morgan fingerprint density at radius 3 is 2.48 bits per heavy atom. The number of rotatable bonds is 7. The molecule has 0 saturated carbocycles. The molecule has 27 heavy (non-hydrogen) atoms. The number of nitrogens with zero attached hydrogens (tertiary/aromatic N) is 3. The van der Waals surface area contributed by atoms with Crippen molar-refractivity contribution in [2.24, 2.45) is 0 Å². The molecule has 1 aromatic heterocycles. The molecule has 0 N–H and O–H groups in total. The zero-order valence-electron chi connectivity index (χ0n) is 14.8. The lowest BCUT2D eigenvalue weighted by Crippen LogP contribution is -2.39. The molecular weight excluding hydrogens is 379 g/mol. The Balaban J connectivity index is 2.01. The molecule has 0 fully saturated rings. The third kappa shape index (κ3) is 6.32. The summed E-state index contributed by atoms with van der Waals surface area (Å²) in [6.07, 6.45) is -4.49. The predicted molar refractivity (Wildman–Crippen MR) is 94.8 cm³/mol. The maximum Gasteiger partial charge on any atom is 0.406 e. The summed E-state index contributed by atoms with van der Waals surface area (Å²) in [6.45, 7) is 2.03. The number of benzene rings is 1. The maximum atomic E-state index is 12.9. The van der Waals surface area contributed by atoms with Crippen LogP contribution in [0.15, 0.2) is 28.8 Å². The molecule has 1 amide bonds. The number of amides is 1. The first-order chi connectivity index (χ1) is 12.7. The van der Waals surface area contributed by atoms with Crippen LogP contribution in [-0.2, 0) is 17.1 Å². The van der Waals surface area contributed by atoms with E-state index in [2.05, 4.69) is 5.16 Å². The van der Waals surface area contributed by atoms with Gasteiger partial charge in [0.05, 0.1) is 23.1 Å². The number of hydrogen-bond donors (Lipinski definition) is 0. The number of carbonyl (C=O) groups is 1. The highest BCUT2D eigenvalue weighted by Gasteiger charge is 2.33. The van der Waals surface area contributed by atoms with E-state index in [1.807, 2.05) is 6.07 Å². The third-order valence-corrected chi connectivity index (χ3v) is 4.78. The molecule has 0 aliphatic heterocycles. The van der Waals surface area contributed by atoms with Crippen molar-refractivity contribution in [2.45, 2.75) is 32.3 Å². The molecule has 0 aliphatic rings. The SMILES string of the molecule is Cc1noc(C)c1CSCC(=O)N(Cc1ccc(C#N)cc1)CC(F)(F)F. The Morgan fingerprint density at radius 1 is 1.30 bits per heavy atom. The first kappa shape index (κ1) is 20.8. The summed E-state index contributed by atoms with van der Waals surface area (Å²) in [4.78, 5) is 13.1. The number of hydrogen-bond acceptors (Lipinski definition) is 5. The van der Waals surface area contributed by atoms with Crippen molar-refractivity contribution in [2.75, 3.05) is 12.3 Å². The molecule has 144 valence electrons. The number of alkyl halides is 3. The zero-order valence-corrected chi connectivity index (χ0v) is 15.7. The van der Waals surface area contributed by atoms with Gasteiger partial charge in [0.25, 0.3) is 0 Å². The fraction of sp³-hybridized carbons (Fsp3) is 0.389. The summed E-state index contributed by atoms with van der Waals surface area (Å²) in [5, 5.41) is 12.6. The summed E-state index contributed by atoms with van der Waals surface area (Å²) in [6, 6.07) is 8.06. The van der Waals surface area contributed by atoms with Gasteiger partial charge in [0, 0.05) is 17.9 Å². The van der Waals surface area contributed by atoms with Crippen molar-refractivity contribution in [3.8, 4) is 6.07 Å². The third-order valence-electron chi connectivity index (χ3n) is 3.83. The minimum Gasteiger partial charge on any atom is -0.361 e. The van der Waals surface area contributed by atoms with Crippen molar-refractivity contribution >= 4 is 17.7 Å². The minimum absolute atomic E-state index is 0.0869. The number of halogens is 3. The second kappa shape index (κ2) is 8.95. The van der Waals surface area contributed by atoms with Gasteiger partial charge in [-0.15, -0.1) is 11.8 Å². The topological polar surface area (TPSA) is 70.1 Å². The first-order valence-corrected chi connectivity index (χ1v) is 9.18. The smallest absolute Gasteiger partial charge is 0.361 e. The number of aryl methyl sites for hydroxylation is 2. The summed E-state index contributed by atoms with van der Waals surface area (Å²) in [5.41, 5.74) is 2.49. The van der Waals surface area contributed by atoms with Crippen molar-refractivity contribution in [1.29, 1.82) is 5.26 Å². The molecular formula is C18H18F3N3O2S. The van der Waals surface area contributed by atoms with Gasteiger partial charge in [-0.3, -0.25) is 4.79 Å². The lowest BCUT2D eigenvalue weighted by Gasteiger charge is -2.24. The highest BCUT2D eigenvalue weighted by molar-refractivity contribution is 7.99. The molecule has 0 atom stereocenters. The summed E-state index contributed by atoms with van der Waals surface area (Å²) < 4.78 is 43.7. The van der Waals surface area contributed by atoms with E-state index in [9.17, 15) is 18.0 Å². The Labute approximate surface area is 159 Å². The van der Waals surface area contributed by atoms with E-state index in [1.165, 1.54) is 23.9 Å². The molecule has 0 radical (unpaired) electrons. The van der Waals surface area contributed by atoms with E-state index < -0.39 is 18.6 Å². The molecule has 2 aromatic rings. The molecule has 0 aliphatic carbocycles. The van der Waals surface area contributed by atoms with Crippen molar-refractivity contribution in [1.82, 2.24) is 10.1 Å². The summed E-state index contributed by atoms with van der Waals surface area (Å²) in [7, 11) is 0. The Morgan fingerprint density at radius 2 is 1.96 bits per heavy atom. The monoisotopic (exact) mass is 397 g/mol. The van der Waals surface area contributed by atoms with Crippen LogP contribution >= 0.6 is 11.8 Å². The Kier molecular flexibility index (Phi) is 6.91. The number of carbonyl (C=O) groups excluding carboxylic acids is 1. The zero-order chi connectivity index (χ0) is 20.0. The maximum absolute atomic E-state index is 12.9. The van der Waals surface area contributed by atoms with Gasteiger partial charge in [-0.1, -0.05) is 17.3 Å². The van der Waals surface area contributed by atoms with Gasteiger partial charge < -0.3 is 9.42 Å². The fourth-order valence-electron chi connectivity index (χ4n) is 2.39. The van der Waals surface area contributed by atoms with Crippen LogP contribution < -0.4 is 0 Å². The summed E-state index contributed by atoms with van der Waals surface area (Å²) in [5.74, 6) is 0.380. The number of nitriles is 1. The molecule has 1 heterocycles. The highest BCUT2D eigenvalue weighted by atomic mass is 32.2. The first-order valence-electron chi connectivity index (χ1n) is 8.02. The lowest BCUT2D eigenvalue weighted by molar-refractivity contribution is -0.160. The molecule has 2 rings (SSSR count). The van der Waals surface area contributed by atoms with Gasteiger partial charge in [-0.25, -0.2) is 0 Å². The molecule has 9 heteroatoms. The van der Waals surface area contributed by atoms with Gasteiger partial charge in [0.2, 0.25) is 5.91 Å². The van der Waals surface area contributed by atoms with Crippen LogP contribution in [0.1, 0.15) is 28.1 Å². The molecule has 0 saturated heterocycles. The average molecular weight is 397 g/mol. The van der Waals surface area contributed by atoms with Gasteiger partial charge in [0.15, 0.2) is 0 Å². The van der Waals surface area contributed by atoms with Crippen LogP contribution in [0.25, 0.3) is 0 Å². The molecule has 0 unspecified atom stereocenters.